The summed E-state index contributed by atoms with van der Waals surface area (Å²) in [6, 6.07) is 3.24. The van der Waals surface area contributed by atoms with Gasteiger partial charge in [-0.2, -0.15) is 5.10 Å². The molecule has 134 valence electrons. The van der Waals surface area contributed by atoms with Crippen molar-refractivity contribution in [2.75, 3.05) is 32.7 Å². The van der Waals surface area contributed by atoms with Crippen molar-refractivity contribution in [3.05, 3.63) is 45.7 Å². The second kappa shape index (κ2) is 7.49. The highest BCUT2D eigenvalue weighted by Crippen LogP contribution is 2.25. The van der Waals surface area contributed by atoms with Crippen LogP contribution in [0.1, 0.15) is 29.9 Å². The summed E-state index contributed by atoms with van der Waals surface area (Å²) < 4.78 is 7.06. The molecule has 1 fully saturated rings. The highest BCUT2D eigenvalue weighted by Gasteiger charge is 2.23. The van der Waals surface area contributed by atoms with Crippen molar-refractivity contribution in [1.82, 2.24) is 24.7 Å². The van der Waals surface area contributed by atoms with Crippen LogP contribution in [-0.2, 0) is 25.9 Å². The van der Waals surface area contributed by atoms with Gasteiger partial charge in [0, 0.05) is 63.5 Å². The summed E-state index contributed by atoms with van der Waals surface area (Å²) in [7, 11) is 0. The minimum absolute atomic E-state index is 0.0306. The van der Waals surface area contributed by atoms with Crippen LogP contribution < -0.4 is 5.56 Å². The number of aromatic nitrogens is 3. The third kappa shape index (κ3) is 3.82. The Morgan fingerprint density at radius 3 is 2.68 bits per heavy atom. The highest BCUT2D eigenvalue weighted by molar-refractivity contribution is 5.25. The molecule has 0 spiro atoms. The van der Waals surface area contributed by atoms with E-state index in [0.717, 1.165) is 63.6 Å². The average molecular weight is 343 g/mol. The lowest BCUT2D eigenvalue weighted by Crippen LogP contribution is -2.47. The molecule has 7 heteroatoms. The van der Waals surface area contributed by atoms with Gasteiger partial charge >= 0.3 is 0 Å². The summed E-state index contributed by atoms with van der Waals surface area (Å²) in [6.07, 6.45) is 6.30. The summed E-state index contributed by atoms with van der Waals surface area (Å²) in [5.74, 6) is 1.11. The summed E-state index contributed by atoms with van der Waals surface area (Å²) in [4.78, 5) is 16.6. The van der Waals surface area contributed by atoms with Crippen molar-refractivity contribution in [3.63, 3.8) is 0 Å². The van der Waals surface area contributed by atoms with E-state index in [1.807, 2.05) is 0 Å². The second-order valence-electron chi connectivity index (χ2n) is 6.94. The molecule has 0 saturated carbocycles. The van der Waals surface area contributed by atoms with Gasteiger partial charge in [0.2, 0.25) is 0 Å². The molecular formula is C18H25N5O2. The Hall–Kier alpha value is -1.99. The Bertz CT molecular complexity index is 761. The van der Waals surface area contributed by atoms with Crippen LogP contribution in [0.5, 0.6) is 0 Å². The maximum Gasteiger partial charge on any atom is 0.266 e. The molecule has 0 amide bonds. The first-order valence-corrected chi connectivity index (χ1v) is 9.23. The SMILES string of the molecule is O=c1cccnn1CCN1CCN(Cc2noc3c2CCCC3)CC1. The van der Waals surface area contributed by atoms with Gasteiger partial charge in [-0.05, 0) is 25.3 Å². The molecule has 2 aromatic rings. The lowest BCUT2D eigenvalue weighted by atomic mass is 9.96. The van der Waals surface area contributed by atoms with Gasteiger partial charge in [-0.25, -0.2) is 4.68 Å². The molecule has 0 atom stereocenters. The van der Waals surface area contributed by atoms with E-state index in [9.17, 15) is 4.79 Å². The molecule has 1 aliphatic carbocycles. The molecular weight excluding hydrogens is 318 g/mol. The maximum absolute atomic E-state index is 11.7. The standard InChI is InChI=1S/C18H25N5O2/c24-18-6-3-7-19-23(18)13-12-21-8-10-22(11-9-21)14-16-15-4-1-2-5-17(15)25-20-16/h3,6-7H,1-2,4-5,8-14H2. The Balaban J connectivity index is 1.26. The molecule has 4 rings (SSSR count). The Morgan fingerprint density at radius 2 is 1.84 bits per heavy atom. The number of hydrogen-bond donors (Lipinski definition) is 0. The van der Waals surface area contributed by atoms with Crippen LogP contribution >= 0.6 is 0 Å². The van der Waals surface area contributed by atoms with Crippen molar-refractivity contribution in [2.45, 2.75) is 38.8 Å². The van der Waals surface area contributed by atoms with Crippen LogP contribution in [-0.4, -0.2) is 57.5 Å². The third-order valence-electron chi connectivity index (χ3n) is 5.28. The van der Waals surface area contributed by atoms with Gasteiger partial charge in [0.25, 0.3) is 5.56 Å². The molecule has 0 aromatic carbocycles. The molecule has 0 unspecified atom stereocenters. The quantitative estimate of drug-likeness (QED) is 0.804. The van der Waals surface area contributed by atoms with Crippen molar-refractivity contribution >= 4 is 0 Å². The fraction of sp³-hybridized carbons (Fsp3) is 0.611. The fourth-order valence-electron chi connectivity index (χ4n) is 3.75. The fourth-order valence-corrected chi connectivity index (χ4v) is 3.75. The van der Waals surface area contributed by atoms with Crippen LogP contribution in [0.4, 0.5) is 0 Å². The molecule has 7 nitrogen and oxygen atoms in total. The molecule has 1 saturated heterocycles. The Kier molecular flexibility index (Phi) is 4.94. The Morgan fingerprint density at radius 1 is 1.04 bits per heavy atom. The summed E-state index contributed by atoms with van der Waals surface area (Å²) in [5, 5.41) is 8.44. The molecule has 2 aliphatic rings. The van der Waals surface area contributed by atoms with Gasteiger partial charge in [0.05, 0.1) is 6.54 Å². The molecule has 25 heavy (non-hydrogen) atoms. The first kappa shape index (κ1) is 16.5. The summed E-state index contributed by atoms with van der Waals surface area (Å²) in [6.45, 7) is 6.49. The van der Waals surface area contributed by atoms with Crippen LogP contribution in [0.3, 0.4) is 0 Å². The van der Waals surface area contributed by atoms with E-state index in [2.05, 4.69) is 20.1 Å². The molecule has 1 aliphatic heterocycles. The topological polar surface area (TPSA) is 67.4 Å². The minimum atomic E-state index is -0.0306. The van der Waals surface area contributed by atoms with Crippen LogP contribution in [0, 0.1) is 0 Å². The van der Waals surface area contributed by atoms with E-state index in [4.69, 9.17) is 4.52 Å². The van der Waals surface area contributed by atoms with E-state index in [1.165, 1.54) is 23.1 Å². The van der Waals surface area contributed by atoms with Crippen molar-refractivity contribution in [2.24, 2.45) is 0 Å². The van der Waals surface area contributed by atoms with E-state index in [0.29, 0.717) is 6.54 Å². The number of fused-ring (bicyclic) bond motifs is 1. The van der Waals surface area contributed by atoms with Crippen molar-refractivity contribution in [1.29, 1.82) is 0 Å². The smallest absolute Gasteiger partial charge is 0.266 e. The minimum Gasteiger partial charge on any atom is -0.361 e. The zero-order valence-corrected chi connectivity index (χ0v) is 14.6. The molecule has 0 radical (unpaired) electrons. The predicted molar refractivity (Wildman–Crippen MR) is 93.4 cm³/mol. The molecule has 0 bridgehead atoms. The normalized spacial score (nSPS) is 19.0. The van der Waals surface area contributed by atoms with Gasteiger partial charge in [0.1, 0.15) is 11.5 Å². The first-order chi connectivity index (χ1) is 12.3. The number of rotatable bonds is 5. The number of hydrogen-bond acceptors (Lipinski definition) is 6. The highest BCUT2D eigenvalue weighted by atomic mass is 16.5. The Labute approximate surface area is 147 Å². The zero-order valence-electron chi connectivity index (χ0n) is 14.6. The second-order valence-corrected chi connectivity index (χ2v) is 6.94. The lowest BCUT2D eigenvalue weighted by molar-refractivity contribution is 0.120. The van der Waals surface area contributed by atoms with Crippen LogP contribution in [0.15, 0.2) is 27.6 Å². The number of piperazine rings is 1. The van der Waals surface area contributed by atoms with Gasteiger partial charge < -0.3 is 4.52 Å². The first-order valence-electron chi connectivity index (χ1n) is 9.23. The van der Waals surface area contributed by atoms with Gasteiger partial charge in [0.15, 0.2) is 0 Å². The maximum atomic E-state index is 11.7. The number of nitrogens with zero attached hydrogens (tertiary/aromatic N) is 5. The molecule has 0 N–H and O–H groups in total. The number of aryl methyl sites for hydroxylation is 1. The third-order valence-corrected chi connectivity index (χ3v) is 5.28. The van der Waals surface area contributed by atoms with E-state index in [-0.39, 0.29) is 5.56 Å². The monoisotopic (exact) mass is 343 g/mol. The van der Waals surface area contributed by atoms with E-state index < -0.39 is 0 Å². The van der Waals surface area contributed by atoms with E-state index in [1.54, 1.807) is 18.3 Å². The van der Waals surface area contributed by atoms with Crippen LogP contribution in [0.25, 0.3) is 0 Å². The van der Waals surface area contributed by atoms with Gasteiger partial charge in [-0.1, -0.05) is 5.16 Å². The predicted octanol–water partition coefficient (Wildman–Crippen LogP) is 0.928. The summed E-state index contributed by atoms with van der Waals surface area (Å²) >= 11 is 0. The molecule has 3 heterocycles. The van der Waals surface area contributed by atoms with Crippen LogP contribution in [0.2, 0.25) is 0 Å². The van der Waals surface area contributed by atoms with Gasteiger partial charge in [-0.3, -0.25) is 14.6 Å². The average Bonchev–Trinajstić information content (AvgIpc) is 3.05. The molecule has 2 aromatic heterocycles. The van der Waals surface area contributed by atoms with Crippen molar-refractivity contribution < 1.29 is 4.52 Å². The summed E-state index contributed by atoms with van der Waals surface area (Å²) in [5.41, 5.74) is 2.48. The zero-order chi connectivity index (χ0) is 17.1. The van der Waals surface area contributed by atoms with E-state index >= 15 is 0 Å². The van der Waals surface area contributed by atoms with Crippen molar-refractivity contribution in [3.8, 4) is 0 Å². The lowest BCUT2D eigenvalue weighted by Gasteiger charge is -2.34. The largest absolute Gasteiger partial charge is 0.361 e. The van der Waals surface area contributed by atoms with Gasteiger partial charge in [-0.15, -0.1) is 0 Å².